The molecule has 0 saturated heterocycles. The van der Waals surface area contributed by atoms with E-state index in [0.29, 0.717) is 12.5 Å². The lowest BCUT2D eigenvalue weighted by Crippen LogP contribution is -3.00. The van der Waals surface area contributed by atoms with Gasteiger partial charge >= 0.3 is 0 Å². The molecule has 1 aromatic rings. The van der Waals surface area contributed by atoms with Crippen LogP contribution in [0.4, 0.5) is 0 Å². The third-order valence-corrected chi connectivity index (χ3v) is 3.55. The highest BCUT2D eigenvalue weighted by Crippen LogP contribution is 2.16. The van der Waals surface area contributed by atoms with Crippen molar-refractivity contribution < 1.29 is 26.4 Å². The fourth-order valence-electron chi connectivity index (χ4n) is 2.33. The van der Waals surface area contributed by atoms with E-state index in [1.807, 2.05) is 36.4 Å². The summed E-state index contributed by atoms with van der Waals surface area (Å²) in [6.07, 6.45) is 3.07. The molecule has 0 spiro atoms. The number of nitrogens with zero attached hydrogens (tertiary/aromatic N) is 1. The second-order valence-electron chi connectivity index (χ2n) is 6.89. The van der Waals surface area contributed by atoms with Crippen molar-refractivity contribution in [1.29, 1.82) is 0 Å². The van der Waals surface area contributed by atoms with Crippen molar-refractivity contribution in [2.45, 2.75) is 26.4 Å². The zero-order valence-corrected chi connectivity index (χ0v) is 15.8. The average Bonchev–Trinajstić information content (AvgIpc) is 2.44. The second-order valence-corrected chi connectivity index (χ2v) is 6.89. The number of benzene rings is 1. The highest BCUT2D eigenvalue weighted by molar-refractivity contribution is 5.21. The van der Waals surface area contributed by atoms with Crippen LogP contribution in [0.15, 0.2) is 43.0 Å². The van der Waals surface area contributed by atoms with Gasteiger partial charge in [0.05, 0.1) is 33.9 Å². The van der Waals surface area contributed by atoms with Crippen LogP contribution in [-0.2, 0) is 4.74 Å². The predicted molar refractivity (Wildman–Crippen MR) is 93.2 cm³/mol. The van der Waals surface area contributed by atoms with Gasteiger partial charge in [-0.25, -0.2) is 0 Å². The highest BCUT2D eigenvalue weighted by atomic mass is 35.5. The number of para-hydroxylation sites is 1. The molecule has 0 N–H and O–H groups in total. The Kier molecular flexibility index (Phi) is 11.0. The third kappa shape index (κ3) is 10.4. The number of hydrogen-bond acceptors (Lipinski definition) is 2. The standard InChI is InChI=1S/C19H32NO2.ClH/c1-6-12-20(4,5)13-14-21-16-19(15-17(2)3)22-18-10-8-7-9-11-18;/h6-11,17,19H,1,12-16H2,2-5H3;1H/q+1;/p-1. The Morgan fingerprint density at radius 3 is 2.39 bits per heavy atom. The Labute approximate surface area is 148 Å². The van der Waals surface area contributed by atoms with Crippen LogP contribution < -0.4 is 17.1 Å². The summed E-state index contributed by atoms with van der Waals surface area (Å²) in [6.45, 7) is 11.6. The summed E-state index contributed by atoms with van der Waals surface area (Å²) in [5.41, 5.74) is 0. The molecule has 0 fully saturated rings. The van der Waals surface area contributed by atoms with Crippen LogP contribution in [0.3, 0.4) is 0 Å². The fourth-order valence-corrected chi connectivity index (χ4v) is 2.33. The van der Waals surface area contributed by atoms with E-state index in [9.17, 15) is 0 Å². The van der Waals surface area contributed by atoms with E-state index in [0.717, 1.165) is 36.3 Å². The van der Waals surface area contributed by atoms with Crippen molar-refractivity contribution in [3.05, 3.63) is 43.0 Å². The summed E-state index contributed by atoms with van der Waals surface area (Å²) in [6, 6.07) is 9.99. The van der Waals surface area contributed by atoms with Gasteiger partial charge in [0.25, 0.3) is 0 Å². The Bertz CT molecular complexity index is 421. The summed E-state index contributed by atoms with van der Waals surface area (Å²) < 4.78 is 12.8. The molecular weight excluding hydrogens is 310 g/mol. The average molecular weight is 342 g/mol. The molecule has 1 aromatic carbocycles. The Morgan fingerprint density at radius 1 is 1.17 bits per heavy atom. The number of likely N-dealkylation sites (N-methyl/N-ethyl adjacent to an activating group) is 1. The lowest BCUT2D eigenvalue weighted by molar-refractivity contribution is -0.884. The molecule has 0 bridgehead atoms. The Balaban J connectivity index is 0.00000484. The van der Waals surface area contributed by atoms with E-state index in [2.05, 4.69) is 34.5 Å². The Morgan fingerprint density at radius 2 is 1.83 bits per heavy atom. The van der Waals surface area contributed by atoms with Gasteiger partial charge in [-0.05, 0) is 30.5 Å². The molecule has 132 valence electrons. The minimum absolute atomic E-state index is 0. The van der Waals surface area contributed by atoms with Crippen LogP contribution in [-0.4, -0.2) is 51.0 Å². The maximum absolute atomic E-state index is 6.06. The third-order valence-electron chi connectivity index (χ3n) is 3.55. The van der Waals surface area contributed by atoms with E-state index in [4.69, 9.17) is 9.47 Å². The maximum atomic E-state index is 6.06. The zero-order chi connectivity index (χ0) is 16.4. The number of rotatable bonds is 11. The van der Waals surface area contributed by atoms with Crippen LogP contribution in [0.25, 0.3) is 0 Å². The van der Waals surface area contributed by atoms with Gasteiger partial charge in [-0.1, -0.05) is 38.6 Å². The molecule has 0 aromatic heterocycles. The van der Waals surface area contributed by atoms with E-state index < -0.39 is 0 Å². The van der Waals surface area contributed by atoms with Crippen molar-refractivity contribution in [3.63, 3.8) is 0 Å². The molecule has 0 saturated carbocycles. The smallest absolute Gasteiger partial charge is 0.122 e. The lowest BCUT2D eigenvalue weighted by Gasteiger charge is -2.28. The molecule has 0 aliphatic rings. The topological polar surface area (TPSA) is 18.5 Å². The number of ether oxygens (including phenoxy) is 2. The summed E-state index contributed by atoms with van der Waals surface area (Å²) >= 11 is 0. The quantitative estimate of drug-likeness (QED) is 0.336. The molecule has 0 radical (unpaired) electrons. The number of halogens is 1. The molecule has 23 heavy (non-hydrogen) atoms. The van der Waals surface area contributed by atoms with Gasteiger partial charge in [0.1, 0.15) is 18.4 Å². The van der Waals surface area contributed by atoms with Gasteiger partial charge in [-0.2, -0.15) is 0 Å². The van der Waals surface area contributed by atoms with Crippen molar-refractivity contribution in [2.24, 2.45) is 5.92 Å². The highest BCUT2D eigenvalue weighted by Gasteiger charge is 2.16. The molecule has 0 amide bonds. The van der Waals surface area contributed by atoms with Gasteiger partial charge in [0.2, 0.25) is 0 Å². The van der Waals surface area contributed by atoms with Crippen molar-refractivity contribution in [3.8, 4) is 5.75 Å². The van der Waals surface area contributed by atoms with Gasteiger partial charge in [-0.3, -0.25) is 0 Å². The minimum atomic E-state index is 0. The lowest BCUT2D eigenvalue weighted by atomic mass is 10.1. The van der Waals surface area contributed by atoms with Crippen LogP contribution in [0.5, 0.6) is 5.75 Å². The first kappa shape index (κ1) is 22.0. The number of quaternary nitrogens is 1. The number of hydrogen-bond donors (Lipinski definition) is 0. The van der Waals surface area contributed by atoms with Gasteiger partial charge in [0.15, 0.2) is 0 Å². The first-order chi connectivity index (χ1) is 10.4. The Hall–Kier alpha value is -1.03. The van der Waals surface area contributed by atoms with Gasteiger partial charge in [0, 0.05) is 0 Å². The molecule has 0 heterocycles. The molecule has 1 atom stereocenters. The molecular formula is C19H32ClNO2. The molecule has 1 unspecified atom stereocenters. The van der Waals surface area contributed by atoms with Crippen molar-refractivity contribution >= 4 is 0 Å². The van der Waals surface area contributed by atoms with Crippen LogP contribution >= 0.6 is 0 Å². The maximum Gasteiger partial charge on any atom is 0.122 e. The monoisotopic (exact) mass is 341 g/mol. The summed E-state index contributed by atoms with van der Waals surface area (Å²) in [7, 11) is 4.38. The molecule has 0 aliphatic carbocycles. The summed E-state index contributed by atoms with van der Waals surface area (Å²) in [4.78, 5) is 0. The predicted octanol–water partition coefficient (Wildman–Crippen LogP) is 0.763. The first-order valence-corrected chi connectivity index (χ1v) is 8.15. The van der Waals surface area contributed by atoms with Gasteiger partial charge < -0.3 is 26.4 Å². The molecule has 3 nitrogen and oxygen atoms in total. The normalized spacial score (nSPS) is 12.6. The van der Waals surface area contributed by atoms with E-state index in [1.54, 1.807) is 0 Å². The molecule has 0 aliphatic heterocycles. The van der Waals surface area contributed by atoms with Crippen molar-refractivity contribution in [2.75, 3.05) is 40.4 Å². The first-order valence-electron chi connectivity index (χ1n) is 8.15. The van der Waals surface area contributed by atoms with Crippen molar-refractivity contribution in [1.82, 2.24) is 0 Å². The molecule has 1 rings (SSSR count). The zero-order valence-electron chi connectivity index (χ0n) is 15.0. The second kappa shape index (κ2) is 11.5. The SMILES string of the molecule is C=CC[N+](C)(C)CCOCC(CC(C)C)Oc1ccccc1.[Cl-]. The summed E-state index contributed by atoms with van der Waals surface area (Å²) in [5.74, 6) is 1.50. The van der Waals surface area contributed by atoms with Crippen LogP contribution in [0.1, 0.15) is 20.3 Å². The van der Waals surface area contributed by atoms with E-state index in [1.165, 1.54) is 0 Å². The van der Waals surface area contributed by atoms with Crippen LogP contribution in [0.2, 0.25) is 0 Å². The largest absolute Gasteiger partial charge is 1.00 e. The minimum Gasteiger partial charge on any atom is -1.00 e. The summed E-state index contributed by atoms with van der Waals surface area (Å²) in [5, 5.41) is 0. The molecule has 4 heteroatoms. The van der Waals surface area contributed by atoms with E-state index in [-0.39, 0.29) is 18.5 Å². The van der Waals surface area contributed by atoms with Gasteiger partial charge in [-0.15, -0.1) is 0 Å². The van der Waals surface area contributed by atoms with Crippen LogP contribution in [0, 0.1) is 5.92 Å². The fraction of sp³-hybridized carbons (Fsp3) is 0.579. The van der Waals surface area contributed by atoms with E-state index >= 15 is 0 Å².